The molecule has 5 heteroatoms. The number of H-pyrrole nitrogens is 1. The summed E-state index contributed by atoms with van der Waals surface area (Å²) < 4.78 is 10.7. The molecule has 0 atom stereocenters. The lowest BCUT2D eigenvalue weighted by Gasteiger charge is -2.28. The Morgan fingerprint density at radius 3 is 2.57 bits per heavy atom. The van der Waals surface area contributed by atoms with E-state index in [1.807, 2.05) is 12.1 Å². The first-order valence-electron chi connectivity index (χ1n) is 6.80. The number of aromatic amines is 1. The third kappa shape index (κ3) is 1.96. The molecule has 1 N–H and O–H groups in total. The van der Waals surface area contributed by atoms with Crippen molar-refractivity contribution in [2.24, 2.45) is 0 Å². The first kappa shape index (κ1) is 13.5. The summed E-state index contributed by atoms with van der Waals surface area (Å²) in [6.07, 6.45) is 0.795. The predicted octanol–water partition coefficient (Wildman–Crippen LogP) is 2.56. The molecule has 1 aromatic carbocycles. The average Bonchev–Trinajstić information content (AvgIpc) is 2.84. The minimum absolute atomic E-state index is 0.0134. The molecule has 3 rings (SSSR count). The van der Waals surface area contributed by atoms with Crippen LogP contribution >= 0.6 is 0 Å². The van der Waals surface area contributed by atoms with E-state index in [2.05, 4.69) is 11.6 Å². The summed E-state index contributed by atoms with van der Waals surface area (Å²) in [5, 5.41) is 1.09. The van der Waals surface area contributed by atoms with Crippen molar-refractivity contribution in [3.8, 4) is 11.5 Å². The molecule has 0 bridgehead atoms. The average molecular weight is 286 g/mol. The number of amides is 1. The number of fused-ring (bicyclic) bond motifs is 3. The van der Waals surface area contributed by atoms with Crippen LogP contribution in [-0.4, -0.2) is 36.6 Å². The minimum atomic E-state index is 0.0134. The van der Waals surface area contributed by atoms with Crippen LogP contribution < -0.4 is 9.47 Å². The topological polar surface area (TPSA) is 54.6 Å². The van der Waals surface area contributed by atoms with Crippen molar-refractivity contribution < 1.29 is 14.3 Å². The first-order chi connectivity index (χ1) is 10.1. The summed E-state index contributed by atoms with van der Waals surface area (Å²) >= 11 is 0. The molecule has 5 nitrogen and oxygen atoms in total. The smallest absolute Gasteiger partial charge is 0.223 e. The Hall–Kier alpha value is -2.43. The second-order valence-corrected chi connectivity index (χ2v) is 5.10. The number of hydrogen-bond donors (Lipinski definition) is 1. The van der Waals surface area contributed by atoms with Crippen LogP contribution in [0.2, 0.25) is 0 Å². The van der Waals surface area contributed by atoms with Crippen molar-refractivity contribution in [3.63, 3.8) is 0 Å². The summed E-state index contributed by atoms with van der Waals surface area (Å²) in [6, 6.07) is 3.89. The molecule has 1 amide bonds. The first-order valence-corrected chi connectivity index (χ1v) is 6.80. The van der Waals surface area contributed by atoms with Gasteiger partial charge in [-0.15, -0.1) is 0 Å². The number of rotatable bonds is 2. The van der Waals surface area contributed by atoms with Gasteiger partial charge in [0, 0.05) is 24.9 Å². The predicted molar refractivity (Wildman–Crippen MR) is 81.5 cm³/mol. The Bertz CT molecular complexity index is 746. The van der Waals surface area contributed by atoms with Gasteiger partial charge in [-0.1, -0.05) is 6.58 Å². The summed E-state index contributed by atoms with van der Waals surface area (Å²) in [5.74, 6) is 1.39. The Balaban J connectivity index is 2.19. The molecule has 2 heterocycles. The number of ether oxygens (including phenoxy) is 2. The summed E-state index contributed by atoms with van der Waals surface area (Å²) in [5.41, 5.74) is 3.78. The van der Waals surface area contributed by atoms with E-state index in [1.54, 1.807) is 26.0 Å². The van der Waals surface area contributed by atoms with Crippen LogP contribution in [0.15, 0.2) is 18.7 Å². The van der Waals surface area contributed by atoms with E-state index in [4.69, 9.17) is 9.47 Å². The highest BCUT2D eigenvalue weighted by Gasteiger charge is 2.26. The second kappa shape index (κ2) is 4.84. The van der Waals surface area contributed by atoms with Crippen LogP contribution in [0.25, 0.3) is 16.6 Å². The molecule has 0 aliphatic carbocycles. The van der Waals surface area contributed by atoms with Crippen molar-refractivity contribution in [1.29, 1.82) is 0 Å². The molecule has 1 aliphatic rings. The van der Waals surface area contributed by atoms with E-state index in [9.17, 15) is 4.79 Å². The lowest BCUT2D eigenvalue weighted by atomic mass is 10.0. The Labute approximate surface area is 123 Å². The highest BCUT2D eigenvalue weighted by molar-refractivity contribution is 5.94. The van der Waals surface area contributed by atoms with Gasteiger partial charge < -0.3 is 19.4 Å². The number of nitrogens with one attached hydrogen (secondary N) is 1. The largest absolute Gasteiger partial charge is 0.493 e. The number of methoxy groups -OCH3 is 2. The highest BCUT2D eigenvalue weighted by Crippen LogP contribution is 2.38. The van der Waals surface area contributed by atoms with Gasteiger partial charge in [0.15, 0.2) is 11.5 Å². The second-order valence-electron chi connectivity index (χ2n) is 5.10. The molecular formula is C16H18N2O3. The minimum Gasteiger partial charge on any atom is -0.493 e. The molecule has 0 spiro atoms. The van der Waals surface area contributed by atoms with Crippen LogP contribution in [0.4, 0.5) is 0 Å². The van der Waals surface area contributed by atoms with Crippen LogP contribution in [0.1, 0.15) is 18.2 Å². The number of hydrogen-bond acceptors (Lipinski definition) is 3. The summed E-state index contributed by atoms with van der Waals surface area (Å²) in [4.78, 5) is 16.7. The summed E-state index contributed by atoms with van der Waals surface area (Å²) in [6.45, 7) is 6.27. The monoisotopic (exact) mass is 286 g/mol. The van der Waals surface area contributed by atoms with Crippen LogP contribution in [0, 0.1) is 0 Å². The fraction of sp³-hybridized carbons (Fsp3) is 0.312. The highest BCUT2D eigenvalue weighted by atomic mass is 16.5. The molecule has 1 aliphatic heterocycles. The molecule has 21 heavy (non-hydrogen) atoms. The Kier molecular flexibility index (Phi) is 3.12. The van der Waals surface area contributed by atoms with Gasteiger partial charge in [-0.3, -0.25) is 4.79 Å². The fourth-order valence-electron chi connectivity index (χ4n) is 2.92. The van der Waals surface area contributed by atoms with E-state index in [1.165, 1.54) is 5.56 Å². The maximum atomic E-state index is 11.6. The molecule has 0 radical (unpaired) electrons. The molecule has 110 valence electrons. The quantitative estimate of drug-likeness (QED) is 0.923. The number of carbonyl (C=O) groups excluding carboxylic acids is 1. The molecule has 2 aromatic rings. The van der Waals surface area contributed by atoms with Gasteiger partial charge in [0.1, 0.15) is 0 Å². The maximum absolute atomic E-state index is 11.6. The van der Waals surface area contributed by atoms with Crippen molar-refractivity contribution in [3.05, 3.63) is 30.0 Å². The molecule has 0 fully saturated rings. The lowest BCUT2D eigenvalue weighted by Crippen LogP contribution is -2.32. The maximum Gasteiger partial charge on any atom is 0.223 e. The van der Waals surface area contributed by atoms with E-state index < -0.39 is 0 Å². The van der Waals surface area contributed by atoms with E-state index in [-0.39, 0.29) is 5.91 Å². The Morgan fingerprint density at radius 2 is 1.95 bits per heavy atom. The van der Waals surface area contributed by atoms with E-state index in [0.717, 1.165) is 28.7 Å². The standard InChI is InChI=1S/C16H18N2O3/c1-9-16-11(5-6-18(9)10(2)19)12-7-14(20-3)15(21-4)8-13(12)17-16/h7-8,17H,1,5-6H2,2-4H3. The Morgan fingerprint density at radius 1 is 1.29 bits per heavy atom. The fourth-order valence-corrected chi connectivity index (χ4v) is 2.92. The third-order valence-corrected chi connectivity index (χ3v) is 3.99. The van der Waals surface area contributed by atoms with E-state index in [0.29, 0.717) is 18.0 Å². The zero-order valence-corrected chi connectivity index (χ0v) is 12.4. The zero-order chi connectivity index (χ0) is 15.1. The van der Waals surface area contributed by atoms with Crippen LogP contribution in [0.5, 0.6) is 11.5 Å². The van der Waals surface area contributed by atoms with Gasteiger partial charge in [-0.2, -0.15) is 0 Å². The van der Waals surface area contributed by atoms with Crippen LogP contribution in [0.3, 0.4) is 0 Å². The van der Waals surface area contributed by atoms with Gasteiger partial charge in [-0.05, 0) is 18.1 Å². The molecule has 1 aromatic heterocycles. The van der Waals surface area contributed by atoms with Gasteiger partial charge >= 0.3 is 0 Å². The van der Waals surface area contributed by atoms with Gasteiger partial charge in [0.25, 0.3) is 0 Å². The molecular weight excluding hydrogens is 268 g/mol. The lowest BCUT2D eigenvalue weighted by molar-refractivity contribution is -0.125. The number of aromatic nitrogens is 1. The number of benzene rings is 1. The number of nitrogens with zero attached hydrogens (tertiary/aromatic N) is 1. The van der Waals surface area contributed by atoms with Crippen molar-refractivity contribution >= 4 is 22.5 Å². The van der Waals surface area contributed by atoms with Gasteiger partial charge in [0.2, 0.25) is 5.91 Å². The third-order valence-electron chi connectivity index (χ3n) is 3.99. The number of carbonyl (C=O) groups is 1. The SMILES string of the molecule is C=C1c2[nH]c3cc(OC)c(OC)cc3c2CCN1C(C)=O. The normalized spacial score (nSPS) is 14.2. The molecule has 0 saturated heterocycles. The summed E-state index contributed by atoms with van der Waals surface area (Å²) in [7, 11) is 3.24. The molecule has 0 saturated carbocycles. The molecule has 0 unspecified atom stereocenters. The van der Waals surface area contributed by atoms with Crippen molar-refractivity contribution in [1.82, 2.24) is 9.88 Å². The van der Waals surface area contributed by atoms with Crippen molar-refractivity contribution in [2.75, 3.05) is 20.8 Å². The van der Waals surface area contributed by atoms with Gasteiger partial charge in [-0.25, -0.2) is 0 Å². The van der Waals surface area contributed by atoms with Crippen molar-refractivity contribution in [2.45, 2.75) is 13.3 Å². The van der Waals surface area contributed by atoms with Crippen LogP contribution in [-0.2, 0) is 11.2 Å². The zero-order valence-electron chi connectivity index (χ0n) is 12.4. The van der Waals surface area contributed by atoms with E-state index >= 15 is 0 Å². The van der Waals surface area contributed by atoms with Gasteiger partial charge in [0.05, 0.1) is 31.1 Å².